The lowest BCUT2D eigenvalue weighted by molar-refractivity contribution is -0.0520. The first kappa shape index (κ1) is 20.5. The van der Waals surface area contributed by atoms with Gasteiger partial charge < -0.3 is 20.1 Å². The number of para-hydroxylation sites is 1. The van der Waals surface area contributed by atoms with E-state index in [1.54, 1.807) is 38.4 Å². The SMILES string of the molecule is CCOc1cccc(CNC(=NC)NCCCn2cccn2)c1OC(F)F. The molecule has 2 rings (SSSR count). The molecule has 0 atom stereocenters. The van der Waals surface area contributed by atoms with Gasteiger partial charge in [-0.05, 0) is 25.5 Å². The van der Waals surface area contributed by atoms with E-state index in [9.17, 15) is 8.78 Å². The number of guanidine groups is 1. The summed E-state index contributed by atoms with van der Waals surface area (Å²) >= 11 is 0. The van der Waals surface area contributed by atoms with Gasteiger partial charge in [0.2, 0.25) is 0 Å². The summed E-state index contributed by atoms with van der Waals surface area (Å²) < 4.78 is 37.4. The van der Waals surface area contributed by atoms with Crippen LogP contribution in [0.4, 0.5) is 8.78 Å². The summed E-state index contributed by atoms with van der Waals surface area (Å²) in [5.74, 6) is 0.899. The molecule has 2 aromatic rings. The Bertz CT molecular complexity index is 708. The van der Waals surface area contributed by atoms with Crippen molar-refractivity contribution in [2.45, 2.75) is 33.0 Å². The fourth-order valence-electron chi connectivity index (χ4n) is 2.47. The van der Waals surface area contributed by atoms with Crippen LogP contribution in [0.1, 0.15) is 18.9 Å². The third-order valence-electron chi connectivity index (χ3n) is 3.65. The minimum Gasteiger partial charge on any atom is -0.490 e. The van der Waals surface area contributed by atoms with Crippen LogP contribution in [0.5, 0.6) is 11.5 Å². The van der Waals surface area contributed by atoms with E-state index in [-0.39, 0.29) is 12.3 Å². The topological polar surface area (TPSA) is 72.7 Å². The van der Waals surface area contributed by atoms with Crippen molar-refractivity contribution in [1.82, 2.24) is 20.4 Å². The van der Waals surface area contributed by atoms with Gasteiger partial charge in [-0.3, -0.25) is 9.67 Å². The highest BCUT2D eigenvalue weighted by molar-refractivity contribution is 5.79. The van der Waals surface area contributed by atoms with Gasteiger partial charge in [-0.1, -0.05) is 12.1 Å². The summed E-state index contributed by atoms with van der Waals surface area (Å²) in [5.41, 5.74) is 0.556. The number of alkyl halides is 2. The number of aliphatic imine (C=N–C) groups is 1. The molecule has 2 N–H and O–H groups in total. The van der Waals surface area contributed by atoms with Crippen LogP contribution in [-0.2, 0) is 13.1 Å². The third-order valence-corrected chi connectivity index (χ3v) is 3.65. The number of ether oxygens (including phenoxy) is 2. The molecular formula is C18H25F2N5O2. The second kappa shape index (κ2) is 11.0. The molecule has 0 unspecified atom stereocenters. The lowest BCUT2D eigenvalue weighted by Gasteiger charge is -2.17. The molecule has 0 spiro atoms. The van der Waals surface area contributed by atoms with Crippen molar-refractivity contribution in [3.63, 3.8) is 0 Å². The average molecular weight is 381 g/mol. The number of benzene rings is 1. The zero-order valence-corrected chi connectivity index (χ0v) is 15.5. The fourth-order valence-corrected chi connectivity index (χ4v) is 2.47. The maximum absolute atomic E-state index is 12.8. The van der Waals surface area contributed by atoms with Crippen LogP contribution in [0.3, 0.4) is 0 Å². The van der Waals surface area contributed by atoms with Crippen LogP contribution < -0.4 is 20.1 Å². The van der Waals surface area contributed by atoms with Crippen molar-refractivity contribution in [3.05, 3.63) is 42.2 Å². The molecule has 0 fully saturated rings. The number of hydrogen-bond acceptors (Lipinski definition) is 4. The summed E-state index contributed by atoms with van der Waals surface area (Å²) in [4.78, 5) is 4.14. The molecule has 0 aliphatic carbocycles. The van der Waals surface area contributed by atoms with E-state index in [0.717, 1.165) is 13.0 Å². The van der Waals surface area contributed by atoms with Crippen molar-refractivity contribution >= 4 is 5.96 Å². The quantitative estimate of drug-likeness (QED) is 0.376. The standard InChI is InChI=1S/C18H25F2N5O2/c1-3-26-15-8-4-7-14(16(15)27-17(19)20)13-23-18(21-2)22-9-5-11-25-12-6-10-24-25/h4,6-8,10,12,17H,3,5,9,11,13H2,1-2H3,(H2,21,22,23). The molecule has 148 valence electrons. The van der Waals surface area contributed by atoms with Gasteiger partial charge in [-0.15, -0.1) is 0 Å². The maximum atomic E-state index is 12.8. The Labute approximate surface area is 157 Å². The van der Waals surface area contributed by atoms with Crippen LogP contribution >= 0.6 is 0 Å². The molecule has 0 amide bonds. The van der Waals surface area contributed by atoms with Crippen LogP contribution in [0.2, 0.25) is 0 Å². The van der Waals surface area contributed by atoms with Crippen molar-refractivity contribution in [2.75, 3.05) is 20.2 Å². The van der Waals surface area contributed by atoms with Gasteiger partial charge in [0.1, 0.15) is 0 Å². The average Bonchev–Trinajstić information content (AvgIpc) is 3.16. The summed E-state index contributed by atoms with van der Waals surface area (Å²) in [5, 5.41) is 10.4. The Morgan fingerprint density at radius 2 is 2.15 bits per heavy atom. The molecule has 0 aliphatic heterocycles. The van der Waals surface area contributed by atoms with E-state index < -0.39 is 6.61 Å². The van der Waals surface area contributed by atoms with E-state index in [0.29, 0.717) is 30.4 Å². The number of rotatable bonds is 10. The van der Waals surface area contributed by atoms with Crippen LogP contribution in [0, 0.1) is 0 Å². The van der Waals surface area contributed by atoms with Crippen molar-refractivity contribution < 1.29 is 18.3 Å². The molecule has 1 aromatic carbocycles. The lowest BCUT2D eigenvalue weighted by atomic mass is 10.2. The maximum Gasteiger partial charge on any atom is 0.387 e. The molecule has 9 heteroatoms. The highest BCUT2D eigenvalue weighted by atomic mass is 19.3. The highest BCUT2D eigenvalue weighted by Gasteiger charge is 2.15. The molecule has 7 nitrogen and oxygen atoms in total. The first-order valence-corrected chi connectivity index (χ1v) is 8.75. The van der Waals surface area contributed by atoms with Gasteiger partial charge in [-0.2, -0.15) is 13.9 Å². The van der Waals surface area contributed by atoms with Gasteiger partial charge >= 0.3 is 6.61 Å². The van der Waals surface area contributed by atoms with E-state index >= 15 is 0 Å². The van der Waals surface area contributed by atoms with E-state index in [2.05, 4.69) is 25.5 Å². The Kier molecular flexibility index (Phi) is 8.34. The molecule has 0 aliphatic rings. The number of aryl methyl sites for hydroxylation is 1. The minimum absolute atomic E-state index is 0.0379. The number of nitrogens with zero attached hydrogens (tertiary/aromatic N) is 3. The van der Waals surface area contributed by atoms with Crippen molar-refractivity contribution in [2.24, 2.45) is 4.99 Å². The molecule has 0 radical (unpaired) electrons. The van der Waals surface area contributed by atoms with E-state index in [1.165, 1.54) is 0 Å². The number of hydrogen-bond donors (Lipinski definition) is 2. The zero-order valence-electron chi connectivity index (χ0n) is 15.5. The van der Waals surface area contributed by atoms with Gasteiger partial charge in [0.05, 0.1) is 6.61 Å². The molecule has 1 aromatic heterocycles. The number of nitrogens with one attached hydrogen (secondary N) is 2. The zero-order chi connectivity index (χ0) is 19.5. The van der Waals surface area contributed by atoms with E-state index in [1.807, 2.05) is 16.9 Å². The Hall–Kier alpha value is -2.84. The minimum atomic E-state index is -2.93. The molecule has 27 heavy (non-hydrogen) atoms. The van der Waals surface area contributed by atoms with Crippen molar-refractivity contribution in [3.8, 4) is 11.5 Å². The largest absolute Gasteiger partial charge is 0.490 e. The van der Waals surface area contributed by atoms with Crippen LogP contribution in [0.25, 0.3) is 0 Å². The lowest BCUT2D eigenvalue weighted by Crippen LogP contribution is -2.37. The second-order valence-corrected chi connectivity index (χ2v) is 5.53. The number of aromatic nitrogens is 2. The smallest absolute Gasteiger partial charge is 0.387 e. The Morgan fingerprint density at radius 1 is 1.30 bits per heavy atom. The molecule has 0 saturated heterocycles. The molecular weight excluding hydrogens is 356 g/mol. The summed E-state index contributed by atoms with van der Waals surface area (Å²) in [6, 6.07) is 6.93. The summed E-state index contributed by atoms with van der Waals surface area (Å²) in [7, 11) is 1.65. The van der Waals surface area contributed by atoms with Gasteiger partial charge in [0, 0.05) is 44.6 Å². The first-order valence-electron chi connectivity index (χ1n) is 8.75. The fraction of sp³-hybridized carbons (Fsp3) is 0.444. The predicted molar refractivity (Wildman–Crippen MR) is 99.3 cm³/mol. The Morgan fingerprint density at radius 3 is 2.81 bits per heavy atom. The molecule has 0 bridgehead atoms. The van der Waals surface area contributed by atoms with Gasteiger partial charge in [-0.25, -0.2) is 0 Å². The second-order valence-electron chi connectivity index (χ2n) is 5.53. The Balaban J connectivity index is 1.89. The molecule has 0 saturated carbocycles. The third kappa shape index (κ3) is 6.76. The van der Waals surface area contributed by atoms with Crippen molar-refractivity contribution in [1.29, 1.82) is 0 Å². The normalized spacial score (nSPS) is 11.5. The van der Waals surface area contributed by atoms with E-state index in [4.69, 9.17) is 4.74 Å². The number of halogens is 2. The van der Waals surface area contributed by atoms with Gasteiger partial charge in [0.15, 0.2) is 17.5 Å². The monoisotopic (exact) mass is 381 g/mol. The summed E-state index contributed by atoms with van der Waals surface area (Å²) in [6.45, 7) is 0.966. The molecule has 1 heterocycles. The van der Waals surface area contributed by atoms with Gasteiger partial charge in [0.25, 0.3) is 0 Å². The van der Waals surface area contributed by atoms with Crippen LogP contribution in [0.15, 0.2) is 41.7 Å². The first-order chi connectivity index (χ1) is 13.1. The predicted octanol–water partition coefficient (Wildman–Crippen LogP) is 2.64. The summed E-state index contributed by atoms with van der Waals surface area (Å²) in [6.07, 6.45) is 4.51. The highest BCUT2D eigenvalue weighted by Crippen LogP contribution is 2.32. The van der Waals surface area contributed by atoms with Crippen LogP contribution in [-0.4, -0.2) is 42.6 Å².